The second-order valence-electron chi connectivity index (χ2n) is 5.57. The van der Waals surface area contributed by atoms with Gasteiger partial charge in [-0.25, -0.2) is 4.79 Å². The molecule has 0 spiro atoms. The summed E-state index contributed by atoms with van der Waals surface area (Å²) < 4.78 is 5.55. The Morgan fingerprint density at radius 2 is 1.57 bits per heavy atom. The monoisotopic (exact) mass is 301 g/mol. The third kappa shape index (κ3) is 2.40. The molecule has 1 heterocycles. The Bertz CT molecular complexity index is 813. The summed E-state index contributed by atoms with van der Waals surface area (Å²) in [6.07, 6.45) is 3.17. The van der Waals surface area contributed by atoms with Gasteiger partial charge in [0, 0.05) is 18.3 Å². The molecule has 1 aliphatic carbocycles. The van der Waals surface area contributed by atoms with Gasteiger partial charge in [0.2, 0.25) is 0 Å². The first kappa shape index (κ1) is 13.7. The molecule has 0 N–H and O–H groups in total. The fourth-order valence-corrected chi connectivity index (χ4v) is 3.17. The Hall–Kier alpha value is -2.94. The number of fused-ring (bicyclic) bond motifs is 3. The maximum Gasteiger partial charge on any atom is 0.339 e. The summed E-state index contributed by atoms with van der Waals surface area (Å²) in [5, 5.41) is 0. The first-order chi connectivity index (χ1) is 11.3. The minimum absolute atomic E-state index is 0.0861. The van der Waals surface area contributed by atoms with Crippen molar-refractivity contribution in [1.29, 1.82) is 0 Å². The van der Waals surface area contributed by atoms with Gasteiger partial charge in [0.05, 0.1) is 5.56 Å². The Kier molecular flexibility index (Phi) is 3.39. The average Bonchev–Trinajstić information content (AvgIpc) is 2.94. The highest BCUT2D eigenvalue weighted by Gasteiger charge is 2.29. The molecule has 0 bridgehead atoms. The zero-order chi connectivity index (χ0) is 15.6. The summed E-state index contributed by atoms with van der Waals surface area (Å²) in [4.78, 5) is 16.1. The standard InChI is InChI=1S/C20H15NO2/c22-20(14-6-5-11-21-12-14)23-13-19-17-9-3-1-7-15(17)16-8-2-4-10-18(16)19/h1-12,19H,13H2. The van der Waals surface area contributed by atoms with Crippen molar-refractivity contribution in [2.75, 3.05) is 6.61 Å². The largest absolute Gasteiger partial charge is 0.461 e. The van der Waals surface area contributed by atoms with Gasteiger partial charge in [-0.05, 0) is 34.4 Å². The van der Waals surface area contributed by atoms with Gasteiger partial charge in [-0.1, -0.05) is 48.5 Å². The van der Waals surface area contributed by atoms with Gasteiger partial charge in [0.25, 0.3) is 0 Å². The van der Waals surface area contributed by atoms with Crippen LogP contribution in [-0.4, -0.2) is 17.6 Å². The van der Waals surface area contributed by atoms with Crippen molar-refractivity contribution in [1.82, 2.24) is 4.98 Å². The highest BCUT2D eigenvalue weighted by Crippen LogP contribution is 2.44. The molecule has 0 amide bonds. The molecular weight excluding hydrogens is 286 g/mol. The third-order valence-electron chi connectivity index (χ3n) is 4.24. The van der Waals surface area contributed by atoms with Crippen molar-refractivity contribution < 1.29 is 9.53 Å². The fourth-order valence-electron chi connectivity index (χ4n) is 3.17. The van der Waals surface area contributed by atoms with Gasteiger partial charge in [-0.15, -0.1) is 0 Å². The van der Waals surface area contributed by atoms with Crippen LogP contribution < -0.4 is 0 Å². The number of carbonyl (C=O) groups excluding carboxylic acids is 1. The van der Waals surface area contributed by atoms with Crippen LogP contribution in [0, 0.1) is 0 Å². The van der Waals surface area contributed by atoms with E-state index in [4.69, 9.17) is 4.74 Å². The van der Waals surface area contributed by atoms with Crippen molar-refractivity contribution in [3.05, 3.63) is 89.7 Å². The number of aromatic nitrogens is 1. The minimum atomic E-state index is -0.333. The lowest BCUT2D eigenvalue weighted by Crippen LogP contribution is -2.12. The van der Waals surface area contributed by atoms with Crippen LogP contribution in [0.4, 0.5) is 0 Å². The lowest BCUT2D eigenvalue weighted by Gasteiger charge is -2.14. The van der Waals surface area contributed by atoms with Crippen molar-refractivity contribution in [2.45, 2.75) is 5.92 Å². The number of nitrogens with zero attached hydrogens (tertiary/aromatic N) is 1. The van der Waals surface area contributed by atoms with Crippen LogP contribution in [-0.2, 0) is 4.74 Å². The maximum absolute atomic E-state index is 12.2. The average molecular weight is 301 g/mol. The van der Waals surface area contributed by atoms with Crippen LogP contribution in [0.15, 0.2) is 73.1 Å². The summed E-state index contributed by atoms with van der Waals surface area (Å²) >= 11 is 0. The predicted octanol–water partition coefficient (Wildman–Crippen LogP) is 4.05. The van der Waals surface area contributed by atoms with Gasteiger partial charge in [0.1, 0.15) is 6.61 Å². The van der Waals surface area contributed by atoms with Crippen LogP contribution in [0.1, 0.15) is 27.4 Å². The normalized spacial score (nSPS) is 12.5. The van der Waals surface area contributed by atoms with Crippen LogP contribution in [0.5, 0.6) is 0 Å². The van der Waals surface area contributed by atoms with E-state index in [2.05, 4.69) is 29.2 Å². The van der Waals surface area contributed by atoms with Crippen molar-refractivity contribution >= 4 is 5.97 Å². The molecule has 4 rings (SSSR count). The number of esters is 1. The lowest BCUT2D eigenvalue weighted by atomic mass is 9.98. The minimum Gasteiger partial charge on any atom is -0.461 e. The molecule has 0 saturated carbocycles. The van der Waals surface area contributed by atoms with Gasteiger partial charge >= 0.3 is 5.97 Å². The molecular formula is C20H15NO2. The number of carbonyl (C=O) groups is 1. The summed E-state index contributed by atoms with van der Waals surface area (Å²) in [5.74, 6) is -0.247. The number of hydrogen-bond acceptors (Lipinski definition) is 3. The molecule has 3 aromatic rings. The van der Waals surface area contributed by atoms with E-state index in [0.29, 0.717) is 12.2 Å². The second kappa shape index (κ2) is 5.69. The molecule has 0 aliphatic heterocycles. The lowest BCUT2D eigenvalue weighted by molar-refractivity contribution is 0.0493. The van der Waals surface area contributed by atoms with Gasteiger partial charge in [0.15, 0.2) is 0 Å². The van der Waals surface area contributed by atoms with E-state index in [9.17, 15) is 4.79 Å². The van der Waals surface area contributed by atoms with Crippen molar-refractivity contribution in [3.8, 4) is 11.1 Å². The SMILES string of the molecule is O=C(OCC1c2ccccc2-c2ccccc21)c1cccnc1. The number of ether oxygens (including phenoxy) is 1. The van der Waals surface area contributed by atoms with Gasteiger partial charge in [-0.3, -0.25) is 4.98 Å². The van der Waals surface area contributed by atoms with Crippen LogP contribution >= 0.6 is 0 Å². The number of pyridine rings is 1. The molecule has 1 aliphatic rings. The van der Waals surface area contributed by atoms with E-state index in [0.717, 1.165) is 0 Å². The van der Waals surface area contributed by atoms with Crippen LogP contribution in [0.25, 0.3) is 11.1 Å². The van der Waals surface area contributed by atoms with Gasteiger partial charge < -0.3 is 4.74 Å². The Labute approximate surface area is 134 Å². The molecule has 0 saturated heterocycles. The van der Waals surface area contributed by atoms with E-state index in [1.54, 1.807) is 18.3 Å². The van der Waals surface area contributed by atoms with Crippen LogP contribution in [0.3, 0.4) is 0 Å². The zero-order valence-corrected chi connectivity index (χ0v) is 12.5. The molecule has 3 heteroatoms. The molecule has 23 heavy (non-hydrogen) atoms. The first-order valence-electron chi connectivity index (χ1n) is 7.60. The second-order valence-corrected chi connectivity index (χ2v) is 5.57. The Balaban J connectivity index is 1.61. The summed E-state index contributed by atoms with van der Waals surface area (Å²) in [6.45, 7) is 0.335. The number of hydrogen-bond donors (Lipinski definition) is 0. The zero-order valence-electron chi connectivity index (χ0n) is 12.5. The molecule has 0 fully saturated rings. The molecule has 3 nitrogen and oxygen atoms in total. The molecule has 0 unspecified atom stereocenters. The molecule has 0 radical (unpaired) electrons. The smallest absolute Gasteiger partial charge is 0.339 e. The van der Waals surface area contributed by atoms with E-state index in [-0.39, 0.29) is 11.9 Å². The van der Waals surface area contributed by atoms with Gasteiger partial charge in [-0.2, -0.15) is 0 Å². The van der Waals surface area contributed by atoms with E-state index in [1.807, 2.05) is 24.3 Å². The Morgan fingerprint density at radius 3 is 2.17 bits per heavy atom. The quantitative estimate of drug-likeness (QED) is 0.685. The molecule has 2 aromatic carbocycles. The van der Waals surface area contributed by atoms with E-state index in [1.165, 1.54) is 28.5 Å². The first-order valence-corrected chi connectivity index (χ1v) is 7.60. The molecule has 1 aromatic heterocycles. The highest BCUT2D eigenvalue weighted by molar-refractivity contribution is 5.89. The summed E-state index contributed by atoms with van der Waals surface area (Å²) in [6, 6.07) is 20.0. The van der Waals surface area contributed by atoms with Crippen molar-refractivity contribution in [2.24, 2.45) is 0 Å². The third-order valence-corrected chi connectivity index (χ3v) is 4.24. The molecule has 0 atom stereocenters. The number of benzene rings is 2. The van der Waals surface area contributed by atoms with Crippen molar-refractivity contribution in [3.63, 3.8) is 0 Å². The maximum atomic E-state index is 12.2. The van der Waals surface area contributed by atoms with Crippen LogP contribution in [0.2, 0.25) is 0 Å². The molecule has 112 valence electrons. The summed E-state index contributed by atoms with van der Waals surface area (Å²) in [7, 11) is 0. The topological polar surface area (TPSA) is 39.2 Å². The summed E-state index contributed by atoms with van der Waals surface area (Å²) in [5.41, 5.74) is 5.36. The van der Waals surface area contributed by atoms with E-state index >= 15 is 0 Å². The number of rotatable bonds is 3. The van der Waals surface area contributed by atoms with E-state index < -0.39 is 0 Å². The fraction of sp³-hybridized carbons (Fsp3) is 0.100. The highest BCUT2D eigenvalue weighted by atomic mass is 16.5. The Morgan fingerprint density at radius 1 is 0.913 bits per heavy atom. The predicted molar refractivity (Wildman–Crippen MR) is 88.2 cm³/mol.